The standard InChI is InChI=1S/C16H12N2O3/c19-16-12-4-2-1-3-10(12)7-15(18-16)17-11-5-6-13-14(8-11)21-9-20-13/h1-8H,9H2,(H2,17,18,19). The monoisotopic (exact) mass is 280 g/mol. The van der Waals surface area contributed by atoms with E-state index in [4.69, 9.17) is 9.47 Å². The van der Waals surface area contributed by atoms with E-state index < -0.39 is 0 Å². The molecule has 0 radical (unpaired) electrons. The highest BCUT2D eigenvalue weighted by Gasteiger charge is 2.13. The van der Waals surface area contributed by atoms with Gasteiger partial charge in [-0.15, -0.1) is 0 Å². The van der Waals surface area contributed by atoms with Crippen LogP contribution in [-0.2, 0) is 0 Å². The van der Waals surface area contributed by atoms with Crippen LogP contribution >= 0.6 is 0 Å². The Morgan fingerprint density at radius 2 is 1.86 bits per heavy atom. The Kier molecular flexibility index (Phi) is 2.57. The fraction of sp³-hybridized carbons (Fsp3) is 0.0625. The zero-order valence-corrected chi connectivity index (χ0v) is 11.1. The highest BCUT2D eigenvalue weighted by Crippen LogP contribution is 2.34. The fourth-order valence-corrected chi connectivity index (χ4v) is 2.41. The lowest BCUT2D eigenvalue weighted by Crippen LogP contribution is -2.08. The summed E-state index contributed by atoms with van der Waals surface area (Å²) in [5, 5.41) is 4.74. The van der Waals surface area contributed by atoms with Gasteiger partial charge in [0.1, 0.15) is 5.82 Å². The van der Waals surface area contributed by atoms with Gasteiger partial charge in [-0.05, 0) is 29.7 Å². The highest BCUT2D eigenvalue weighted by molar-refractivity contribution is 5.84. The van der Waals surface area contributed by atoms with Crippen molar-refractivity contribution in [3.8, 4) is 11.5 Å². The van der Waals surface area contributed by atoms with E-state index in [2.05, 4.69) is 10.3 Å². The molecule has 0 atom stereocenters. The first-order valence-corrected chi connectivity index (χ1v) is 6.58. The van der Waals surface area contributed by atoms with Crippen LogP contribution in [0.4, 0.5) is 11.5 Å². The van der Waals surface area contributed by atoms with E-state index in [1.807, 2.05) is 42.5 Å². The molecule has 5 heteroatoms. The van der Waals surface area contributed by atoms with Gasteiger partial charge in [0.15, 0.2) is 11.5 Å². The summed E-state index contributed by atoms with van der Waals surface area (Å²) in [6.45, 7) is 0.242. The van der Waals surface area contributed by atoms with Crippen LogP contribution in [0.5, 0.6) is 11.5 Å². The maximum Gasteiger partial charge on any atom is 0.257 e. The molecule has 5 nitrogen and oxygen atoms in total. The number of pyridine rings is 1. The molecule has 3 aromatic rings. The van der Waals surface area contributed by atoms with Gasteiger partial charge in [-0.2, -0.15) is 0 Å². The fourth-order valence-electron chi connectivity index (χ4n) is 2.41. The molecule has 0 spiro atoms. The Balaban J connectivity index is 1.72. The smallest absolute Gasteiger partial charge is 0.257 e. The minimum atomic E-state index is -0.114. The van der Waals surface area contributed by atoms with E-state index in [0.717, 1.165) is 16.8 Å². The van der Waals surface area contributed by atoms with Crippen molar-refractivity contribution in [1.29, 1.82) is 0 Å². The zero-order valence-electron chi connectivity index (χ0n) is 11.1. The Morgan fingerprint density at radius 1 is 1.00 bits per heavy atom. The summed E-state index contributed by atoms with van der Waals surface area (Å²) in [6, 6.07) is 14.9. The molecule has 1 aliphatic rings. The topological polar surface area (TPSA) is 63.4 Å². The Morgan fingerprint density at radius 3 is 2.81 bits per heavy atom. The van der Waals surface area contributed by atoms with Crippen molar-refractivity contribution in [3.05, 3.63) is 58.9 Å². The lowest BCUT2D eigenvalue weighted by atomic mass is 10.2. The molecular weight excluding hydrogens is 268 g/mol. The van der Waals surface area contributed by atoms with Gasteiger partial charge in [-0.25, -0.2) is 0 Å². The third-order valence-corrected chi connectivity index (χ3v) is 3.41. The number of anilines is 2. The number of ether oxygens (including phenoxy) is 2. The lowest BCUT2D eigenvalue weighted by molar-refractivity contribution is 0.174. The SMILES string of the molecule is O=c1[nH]c(Nc2ccc3c(c2)OCO3)cc2ccccc12. The third kappa shape index (κ3) is 2.08. The van der Waals surface area contributed by atoms with E-state index in [-0.39, 0.29) is 12.4 Å². The second-order valence-electron chi connectivity index (χ2n) is 4.79. The van der Waals surface area contributed by atoms with Gasteiger partial charge in [-0.3, -0.25) is 4.79 Å². The Bertz CT molecular complexity index is 886. The highest BCUT2D eigenvalue weighted by atomic mass is 16.7. The third-order valence-electron chi connectivity index (χ3n) is 3.41. The van der Waals surface area contributed by atoms with E-state index in [9.17, 15) is 4.79 Å². The molecule has 0 bridgehead atoms. The van der Waals surface area contributed by atoms with E-state index in [1.54, 1.807) is 6.07 Å². The minimum absolute atomic E-state index is 0.114. The molecule has 21 heavy (non-hydrogen) atoms. The predicted molar refractivity (Wildman–Crippen MR) is 80.4 cm³/mol. The van der Waals surface area contributed by atoms with Crippen molar-refractivity contribution >= 4 is 22.3 Å². The van der Waals surface area contributed by atoms with Crippen LogP contribution in [0.2, 0.25) is 0 Å². The summed E-state index contributed by atoms with van der Waals surface area (Å²) < 4.78 is 10.6. The summed E-state index contributed by atoms with van der Waals surface area (Å²) in [6.07, 6.45) is 0. The molecule has 0 saturated carbocycles. The second-order valence-corrected chi connectivity index (χ2v) is 4.79. The molecule has 104 valence electrons. The molecule has 4 rings (SSSR count). The van der Waals surface area contributed by atoms with Crippen LogP contribution in [0.15, 0.2) is 53.3 Å². The predicted octanol–water partition coefficient (Wildman–Crippen LogP) is 3.00. The Labute approximate surface area is 120 Å². The van der Waals surface area contributed by atoms with E-state index in [0.29, 0.717) is 17.0 Å². The number of hydrogen-bond acceptors (Lipinski definition) is 4. The van der Waals surface area contributed by atoms with Crippen LogP contribution in [-0.4, -0.2) is 11.8 Å². The molecule has 0 fully saturated rings. The maximum absolute atomic E-state index is 12.0. The molecule has 0 aliphatic carbocycles. The van der Waals surface area contributed by atoms with Crippen LogP contribution < -0.4 is 20.3 Å². The molecule has 2 heterocycles. The van der Waals surface area contributed by atoms with Gasteiger partial charge in [0.05, 0.1) is 0 Å². The van der Waals surface area contributed by atoms with Crippen molar-refractivity contribution in [3.63, 3.8) is 0 Å². The average Bonchev–Trinajstić information content (AvgIpc) is 2.95. The summed E-state index contributed by atoms with van der Waals surface area (Å²) in [5.41, 5.74) is 0.710. The van der Waals surface area contributed by atoms with E-state index in [1.165, 1.54) is 0 Å². The molecule has 2 aromatic carbocycles. The first-order chi connectivity index (χ1) is 10.3. The van der Waals surface area contributed by atoms with Gasteiger partial charge in [0.25, 0.3) is 5.56 Å². The number of aromatic amines is 1. The van der Waals surface area contributed by atoms with Gasteiger partial charge in [-0.1, -0.05) is 18.2 Å². The van der Waals surface area contributed by atoms with Crippen LogP contribution in [0.1, 0.15) is 0 Å². The molecule has 0 amide bonds. The normalized spacial score (nSPS) is 12.6. The summed E-state index contributed by atoms with van der Waals surface area (Å²) in [7, 11) is 0. The molecular formula is C16H12N2O3. The first kappa shape index (κ1) is 11.8. The van der Waals surface area contributed by atoms with Gasteiger partial charge < -0.3 is 19.8 Å². The second kappa shape index (κ2) is 4.56. The van der Waals surface area contributed by atoms with Gasteiger partial charge >= 0.3 is 0 Å². The van der Waals surface area contributed by atoms with Crippen molar-refractivity contribution in [2.75, 3.05) is 12.1 Å². The quantitative estimate of drug-likeness (QED) is 0.757. The molecule has 1 aromatic heterocycles. The largest absolute Gasteiger partial charge is 0.454 e. The van der Waals surface area contributed by atoms with E-state index >= 15 is 0 Å². The van der Waals surface area contributed by atoms with Gasteiger partial charge in [0, 0.05) is 17.1 Å². The summed E-state index contributed by atoms with van der Waals surface area (Å²) in [5.74, 6) is 2.06. The first-order valence-electron chi connectivity index (χ1n) is 6.58. The van der Waals surface area contributed by atoms with Crippen molar-refractivity contribution in [2.24, 2.45) is 0 Å². The number of H-pyrrole nitrogens is 1. The zero-order chi connectivity index (χ0) is 14.2. The van der Waals surface area contributed by atoms with Gasteiger partial charge in [0.2, 0.25) is 6.79 Å². The maximum atomic E-state index is 12.0. The summed E-state index contributed by atoms with van der Waals surface area (Å²) in [4.78, 5) is 14.9. The van der Waals surface area contributed by atoms with Crippen LogP contribution in [0, 0.1) is 0 Å². The molecule has 1 aliphatic heterocycles. The van der Waals surface area contributed by atoms with Crippen molar-refractivity contribution < 1.29 is 9.47 Å². The van der Waals surface area contributed by atoms with Crippen molar-refractivity contribution in [2.45, 2.75) is 0 Å². The average molecular weight is 280 g/mol. The molecule has 0 unspecified atom stereocenters. The summed E-state index contributed by atoms with van der Waals surface area (Å²) >= 11 is 0. The number of nitrogens with one attached hydrogen (secondary N) is 2. The molecule has 2 N–H and O–H groups in total. The number of fused-ring (bicyclic) bond motifs is 2. The van der Waals surface area contributed by atoms with Crippen LogP contribution in [0.3, 0.4) is 0 Å². The number of hydrogen-bond donors (Lipinski definition) is 2. The Hall–Kier alpha value is -2.95. The number of benzene rings is 2. The van der Waals surface area contributed by atoms with Crippen molar-refractivity contribution in [1.82, 2.24) is 4.98 Å². The van der Waals surface area contributed by atoms with Crippen LogP contribution in [0.25, 0.3) is 10.8 Å². The molecule has 0 saturated heterocycles. The lowest BCUT2D eigenvalue weighted by Gasteiger charge is -2.08. The number of rotatable bonds is 2. The minimum Gasteiger partial charge on any atom is -0.454 e. The number of aromatic nitrogens is 1.